The number of likely N-dealkylation sites (N-methyl/N-ethyl adjacent to an activating group) is 1. The van der Waals surface area contributed by atoms with E-state index in [1.807, 2.05) is 25.2 Å². The first-order chi connectivity index (χ1) is 7.72. The Labute approximate surface area is 102 Å². The Kier molecular flexibility index (Phi) is 3.85. The van der Waals surface area contributed by atoms with Gasteiger partial charge in [-0.1, -0.05) is 30.7 Å². The Morgan fingerprint density at radius 2 is 2.31 bits per heavy atom. The number of ether oxygens (including phenoxy) is 1. The van der Waals surface area contributed by atoms with Crippen molar-refractivity contribution in [2.75, 3.05) is 13.7 Å². The third-order valence-electron chi connectivity index (χ3n) is 3.29. The van der Waals surface area contributed by atoms with Gasteiger partial charge in [-0.15, -0.1) is 0 Å². The van der Waals surface area contributed by atoms with E-state index in [1.54, 1.807) is 0 Å². The van der Waals surface area contributed by atoms with Gasteiger partial charge in [-0.3, -0.25) is 0 Å². The van der Waals surface area contributed by atoms with Gasteiger partial charge in [0.25, 0.3) is 0 Å². The molecule has 1 N–H and O–H groups in total. The Morgan fingerprint density at radius 3 is 2.88 bits per heavy atom. The molecule has 0 bridgehead atoms. The number of benzene rings is 1. The van der Waals surface area contributed by atoms with Crippen molar-refractivity contribution in [2.45, 2.75) is 25.5 Å². The lowest BCUT2D eigenvalue weighted by Crippen LogP contribution is -2.32. The van der Waals surface area contributed by atoms with Crippen LogP contribution in [0.5, 0.6) is 0 Å². The van der Waals surface area contributed by atoms with Crippen molar-refractivity contribution in [2.24, 2.45) is 5.92 Å². The smallest absolute Gasteiger partial charge is 0.0795 e. The number of rotatable bonds is 3. The second-order valence-electron chi connectivity index (χ2n) is 4.42. The molecule has 3 heteroatoms. The lowest BCUT2D eigenvalue weighted by molar-refractivity contribution is 0.0631. The molecular weight excluding hydrogens is 222 g/mol. The zero-order valence-corrected chi connectivity index (χ0v) is 10.5. The summed E-state index contributed by atoms with van der Waals surface area (Å²) in [6.07, 6.45) is 1.40. The Morgan fingerprint density at radius 1 is 1.50 bits per heavy atom. The molecular formula is C13H18ClNO. The van der Waals surface area contributed by atoms with Crippen molar-refractivity contribution in [3.8, 4) is 0 Å². The standard InChI is InChI=1S/C13H18ClNO/c1-9-6-7-16-13(9)12(15-2)10-4-3-5-11(14)8-10/h3-5,8-9,12-13,15H,6-7H2,1-2H3. The first-order valence-corrected chi connectivity index (χ1v) is 6.14. The highest BCUT2D eigenvalue weighted by Crippen LogP contribution is 2.31. The number of hydrogen-bond donors (Lipinski definition) is 1. The van der Waals surface area contributed by atoms with Crippen molar-refractivity contribution in [3.05, 3.63) is 34.9 Å². The maximum atomic E-state index is 6.02. The third kappa shape index (κ3) is 2.40. The lowest BCUT2D eigenvalue weighted by atomic mass is 9.93. The molecule has 0 aromatic heterocycles. The van der Waals surface area contributed by atoms with Gasteiger partial charge in [-0.2, -0.15) is 0 Å². The van der Waals surface area contributed by atoms with Crippen molar-refractivity contribution >= 4 is 11.6 Å². The summed E-state index contributed by atoms with van der Waals surface area (Å²) >= 11 is 6.02. The highest BCUT2D eigenvalue weighted by atomic mass is 35.5. The van der Waals surface area contributed by atoms with Crippen molar-refractivity contribution in [1.82, 2.24) is 5.32 Å². The molecule has 1 saturated heterocycles. The van der Waals surface area contributed by atoms with Crippen LogP contribution in [-0.4, -0.2) is 19.8 Å². The van der Waals surface area contributed by atoms with Crippen LogP contribution in [0.4, 0.5) is 0 Å². The van der Waals surface area contributed by atoms with Gasteiger partial charge in [0.15, 0.2) is 0 Å². The second kappa shape index (κ2) is 5.17. The summed E-state index contributed by atoms with van der Waals surface area (Å²) in [4.78, 5) is 0. The van der Waals surface area contributed by atoms with Crippen LogP contribution in [0.15, 0.2) is 24.3 Å². The largest absolute Gasteiger partial charge is 0.376 e. The quantitative estimate of drug-likeness (QED) is 0.876. The first kappa shape index (κ1) is 11.9. The SMILES string of the molecule is CNC(c1cccc(Cl)c1)C1OCCC1C. The fourth-order valence-electron chi connectivity index (χ4n) is 2.36. The molecule has 2 nitrogen and oxygen atoms in total. The summed E-state index contributed by atoms with van der Waals surface area (Å²) in [6.45, 7) is 3.11. The molecule has 1 fully saturated rings. The fourth-order valence-corrected chi connectivity index (χ4v) is 2.56. The molecule has 1 aromatic rings. The van der Waals surface area contributed by atoms with Gasteiger partial charge in [0.2, 0.25) is 0 Å². The molecule has 3 unspecified atom stereocenters. The monoisotopic (exact) mass is 239 g/mol. The van der Waals surface area contributed by atoms with Crippen LogP contribution in [0.2, 0.25) is 5.02 Å². The molecule has 16 heavy (non-hydrogen) atoms. The second-order valence-corrected chi connectivity index (χ2v) is 4.86. The predicted molar refractivity (Wildman–Crippen MR) is 66.8 cm³/mol. The Balaban J connectivity index is 2.21. The topological polar surface area (TPSA) is 21.3 Å². The maximum absolute atomic E-state index is 6.02. The zero-order chi connectivity index (χ0) is 11.5. The summed E-state index contributed by atoms with van der Waals surface area (Å²) < 4.78 is 5.81. The predicted octanol–water partition coefficient (Wildman–Crippen LogP) is 3.03. The van der Waals surface area contributed by atoms with E-state index in [9.17, 15) is 0 Å². The Bertz CT molecular complexity index is 356. The van der Waals surface area contributed by atoms with Crippen LogP contribution < -0.4 is 5.32 Å². The summed E-state index contributed by atoms with van der Waals surface area (Å²) in [6, 6.07) is 8.23. The van der Waals surface area contributed by atoms with Crippen LogP contribution in [0.3, 0.4) is 0 Å². The minimum atomic E-state index is 0.233. The average Bonchev–Trinajstić information content (AvgIpc) is 2.67. The number of hydrogen-bond acceptors (Lipinski definition) is 2. The first-order valence-electron chi connectivity index (χ1n) is 5.76. The van der Waals surface area contributed by atoms with E-state index in [2.05, 4.69) is 18.3 Å². The highest BCUT2D eigenvalue weighted by molar-refractivity contribution is 6.30. The molecule has 2 rings (SSSR count). The summed E-state index contributed by atoms with van der Waals surface area (Å²) in [5, 5.41) is 4.12. The normalized spacial score (nSPS) is 26.9. The number of halogens is 1. The van der Waals surface area contributed by atoms with Gasteiger partial charge in [-0.25, -0.2) is 0 Å². The molecule has 0 saturated carbocycles. The zero-order valence-electron chi connectivity index (χ0n) is 9.74. The molecule has 1 heterocycles. The third-order valence-corrected chi connectivity index (χ3v) is 3.53. The highest BCUT2D eigenvalue weighted by Gasteiger charge is 2.32. The molecule has 1 aliphatic rings. The summed E-state index contributed by atoms with van der Waals surface area (Å²) in [5.74, 6) is 0.594. The number of nitrogens with one attached hydrogen (secondary N) is 1. The molecule has 0 aliphatic carbocycles. The van der Waals surface area contributed by atoms with E-state index in [0.29, 0.717) is 5.92 Å². The van der Waals surface area contributed by atoms with Gasteiger partial charge in [0.05, 0.1) is 12.1 Å². The van der Waals surface area contributed by atoms with E-state index in [0.717, 1.165) is 18.1 Å². The fraction of sp³-hybridized carbons (Fsp3) is 0.538. The molecule has 88 valence electrons. The molecule has 0 radical (unpaired) electrons. The van der Waals surface area contributed by atoms with Crippen LogP contribution in [-0.2, 0) is 4.74 Å². The van der Waals surface area contributed by atoms with E-state index in [1.165, 1.54) is 5.56 Å². The van der Waals surface area contributed by atoms with E-state index < -0.39 is 0 Å². The van der Waals surface area contributed by atoms with Crippen molar-refractivity contribution < 1.29 is 4.74 Å². The van der Waals surface area contributed by atoms with Gasteiger partial charge in [0, 0.05) is 11.6 Å². The van der Waals surface area contributed by atoms with Crippen LogP contribution in [0.1, 0.15) is 24.9 Å². The van der Waals surface area contributed by atoms with Crippen LogP contribution >= 0.6 is 11.6 Å². The lowest BCUT2D eigenvalue weighted by Gasteiger charge is -2.26. The summed E-state index contributed by atoms with van der Waals surface area (Å²) in [5.41, 5.74) is 1.20. The van der Waals surface area contributed by atoms with Crippen LogP contribution in [0, 0.1) is 5.92 Å². The molecule has 1 aromatic carbocycles. The summed E-state index contributed by atoms with van der Waals surface area (Å²) in [7, 11) is 1.97. The maximum Gasteiger partial charge on any atom is 0.0795 e. The van der Waals surface area contributed by atoms with Gasteiger partial charge in [-0.05, 0) is 37.1 Å². The molecule has 3 atom stereocenters. The van der Waals surface area contributed by atoms with Crippen LogP contribution in [0.25, 0.3) is 0 Å². The van der Waals surface area contributed by atoms with Gasteiger partial charge in [0.1, 0.15) is 0 Å². The van der Waals surface area contributed by atoms with Crippen molar-refractivity contribution in [1.29, 1.82) is 0 Å². The van der Waals surface area contributed by atoms with Crippen molar-refractivity contribution in [3.63, 3.8) is 0 Å². The van der Waals surface area contributed by atoms with E-state index >= 15 is 0 Å². The molecule has 1 aliphatic heterocycles. The average molecular weight is 240 g/mol. The molecule has 0 spiro atoms. The van der Waals surface area contributed by atoms with Gasteiger partial charge < -0.3 is 10.1 Å². The van der Waals surface area contributed by atoms with Gasteiger partial charge >= 0.3 is 0 Å². The van der Waals surface area contributed by atoms with E-state index in [4.69, 9.17) is 16.3 Å². The molecule has 0 amide bonds. The van der Waals surface area contributed by atoms with E-state index in [-0.39, 0.29) is 12.1 Å². The minimum absolute atomic E-state index is 0.233. The minimum Gasteiger partial charge on any atom is -0.376 e. The Hall–Kier alpha value is -0.570.